The maximum absolute atomic E-state index is 12.4. The summed E-state index contributed by atoms with van der Waals surface area (Å²) < 4.78 is 12.2. The molecule has 0 atom stereocenters. The summed E-state index contributed by atoms with van der Waals surface area (Å²) in [4.78, 5) is 12.4. The average Bonchev–Trinajstić information content (AvgIpc) is 2.81. The quantitative estimate of drug-likeness (QED) is 0.742. The zero-order valence-corrected chi connectivity index (χ0v) is 14.2. The molecule has 0 saturated carbocycles. The van der Waals surface area contributed by atoms with Crippen LogP contribution in [0.1, 0.15) is 26.3 Å². The number of benzene rings is 1. The third-order valence-corrected chi connectivity index (χ3v) is 3.20. The summed E-state index contributed by atoms with van der Waals surface area (Å²) in [7, 11) is 1.61. The molecule has 4 nitrogen and oxygen atoms in total. The lowest BCUT2D eigenvalue weighted by Crippen LogP contribution is -2.26. The van der Waals surface area contributed by atoms with E-state index in [-0.39, 0.29) is 0 Å². The van der Waals surface area contributed by atoms with Gasteiger partial charge in [0, 0.05) is 11.6 Å². The summed E-state index contributed by atoms with van der Waals surface area (Å²) >= 11 is 1.42. The normalized spacial score (nSPS) is 11.0. The molecule has 0 bridgehead atoms. The monoisotopic (exact) mass is 317 g/mol. The SMILES string of the molecule is COc1ccc2c(c1)c(C#CSC)cn2C(=O)OC(C)(C)C. The summed E-state index contributed by atoms with van der Waals surface area (Å²) in [5.74, 6) is 3.78. The van der Waals surface area contributed by atoms with Gasteiger partial charge >= 0.3 is 6.09 Å². The van der Waals surface area contributed by atoms with Gasteiger partial charge in [-0.2, -0.15) is 0 Å². The molecule has 0 aliphatic heterocycles. The molecule has 5 heteroatoms. The molecule has 0 N–H and O–H groups in total. The fourth-order valence-corrected chi connectivity index (χ4v) is 2.22. The Morgan fingerprint density at radius 3 is 2.64 bits per heavy atom. The number of fused-ring (bicyclic) bond motifs is 1. The first-order valence-electron chi connectivity index (χ1n) is 6.82. The number of methoxy groups -OCH3 is 1. The number of rotatable bonds is 1. The van der Waals surface area contributed by atoms with E-state index in [1.165, 1.54) is 16.3 Å². The number of thioether (sulfide) groups is 1. The summed E-state index contributed by atoms with van der Waals surface area (Å²) in [5.41, 5.74) is 0.972. The first-order chi connectivity index (χ1) is 10.4. The van der Waals surface area contributed by atoms with Gasteiger partial charge in [0.25, 0.3) is 0 Å². The van der Waals surface area contributed by atoms with E-state index in [4.69, 9.17) is 9.47 Å². The van der Waals surface area contributed by atoms with E-state index >= 15 is 0 Å². The molecule has 116 valence electrons. The van der Waals surface area contributed by atoms with E-state index < -0.39 is 11.7 Å². The molecule has 0 aliphatic rings. The van der Waals surface area contributed by atoms with Crippen molar-refractivity contribution < 1.29 is 14.3 Å². The molecule has 2 rings (SSSR count). The predicted octanol–water partition coefficient (Wildman–Crippen LogP) is 4.11. The van der Waals surface area contributed by atoms with E-state index in [0.29, 0.717) is 0 Å². The summed E-state index contributed by atoms with van der Waals surface area (Å²) in [6.45, 7) is 5.52. The Balaban J connectivity index is 2.58. The second-order valence-corrected chi connectivity index (χ2v) is 6.32. The number of carbonyl (C=O) groups is 1. The highest BCUT2D eigenvalue weighted by molar-refractivity contribution is 8.03. The molecule has 0 fully saturated rings. The summed E-state index contributed by atoms with van der Waals surface area (Å²) in [6.07, 6.45) is 3.20. The van der Waals surface area contributed by atoms with Crippen LogP contribution in [-0.2, 0) is 4.74 Å². The van der Waals surface area contributed by atoms with Crippen molar-refractivity contribution in [2.45, 2.75) is 26.4 Å². The standard InChI is InChI=1S/C17H19NO3S/c1-17(2,3)21-16(19)18-11-12(8-9-22-5)14-10-13(20-4)6-7-15(14)18/h6-7,10-11H,1-5H3. The third kappa shape index (κ3) is 3.58. The van der Waals surface area contributed by atoms with Crippen LogP contribution in [-0.4, -0.2) is 29.6 Å². The van der Waals surface area contributed by atoms with Crippen molar-refractivity contribution in [3.8, 4) is 16.9 Å². The van der Waals surface area contributed by atoms with Gasteiger partial charge < -0.3 is 9.47 Å². The molecule has 0 amide bonds. The van der Waals surface area contributed by atoms with Crippen molar-refractivity contribution in [3.63, 3.8) is 0 Å². The van der Waals surface area contributed by atoms with Crippen molar-refractivity contribution in [2.24, 2.45) is 0 Å². The lowest BCUT2D eigenvalue weighted by Gasteiger charge is -2.19. The second-order valence-electron chi connectivity index (χ2n) is 5.71. The van der Waals surface area contributed by atoms with Crippen LogP contribution >= 0.6 is 11.8 Å². The Labute approximate surface area is 134 Å². The smallest absolute Gasteiger partial charge is 0.419 e. The first kappa shape index (κ1) is 16.3. The Bertz CT molecular complexity index is 760. The van der Waals surface area contributed by atoms with Crippen molar-refractivity contribution >= 4 is 28.8 Å². The molecule has 2 aromatic rings. The van der Waals surface area contributed by atoms with Crippen LogP contribution in [0.3, 0.4) is 0 Å². The van der Waals surface area contributed by atoms with E-state index in [2.05, 4.69) is 11.2 Å². The van der Waals surface area contributed by atoms with Gasteiger partial charge in [-0.3, -0.25) is 4.57 Å². The zero-order valence-electron chi connectivity index (χ0n) is 13.4. The molecule has 0 unspecified atom stereocenters. The van der Waals surface area contributed by atoms with Crippen molar-refractivity contribution in [2.75, 3.05) is 13.4 Å². The van der Waals surface area contributed by atoms with Gasteiger partial charge in [0.2, 0.25) is 0 Å². The van der Waals surface area contributed by atoms with Gasteiger partial charge in [0.1, 0.15) is 11.4 Å². The number of hydrogen-bond donors (Lipinski definition) is 0. The largest absolute Gasteiger partial charge is 0.497 e. The van der Waals surface area contributed by atoms with Crippen LogP contribution in [0, 0.1) is 11.2 Å². The molecule has 22 heavy (non-hydrogen) atoms. The van der Waals surface area contributed by atoms with Gasteiger partial charge in [-0.05, 0) is 50.5 Å². The van der Waals surface area contributed by atoms with Crippen LogP contribution in [0.5, 0.6) is 5.75 Å². The van der Waals surface area contributed by atoms with Crippen LogP contribution in [0.4, 0.5) is 4.79 Å². The molecule has 1 heterocycles. The highest BCUT2D eigenvalue weighted by atomic mass is 32.2. The number of ether oxygens (including phenoxy) is 2. The van der Waals surface area contributed by atoms with Crippen molar-refractivity contribution in [1.82, 2.24) is 4.57 Å². The van der Waals surface area contributed by atoms with E-state index in [1.807, 2.05) is 45.2 Å². The lowest BCUT2D eigenvalue weighted by atomic mass is 10.2. The average molecular weight is 317 g/mol. The Kier molecular flexibility index (Phi) is 4.72. The molecule has 0 saturated heterocycles. The van der Waals surface area contributed by atoms with Crippen LogP contribution < -0.4 is 4.74 Å². The van der Waals surface area contributed by atoms with E-state index in [0.717, 1.165) is 22.2 Å². The Morgan fingerprint density at radius 2 is 2.05 bits per heavy atom. The van der Waals surface area contributed by atoms with E-state index in [1.54, 1.807) is 13.3 Å². The van der Waals surface area contributed by atoms with Crippen LogP contribution in [0.2, 0.25) is 0 Å². The number of carbonyl (C=O) groups excluding carboxylic acids is 1. The lowest BCUT2D eigenvalue weighted by molar-refractivity contribution is 0.0544. The fourth-order valence-electron chi connectivity index (χ4n) is 2.00. The molecule has 0 radical (unpaired) electrons. The maximum Gasteiger partial charge on any atom is 0.419 e. The molecule has 0 aliphatic carbocycles. The predicted molar refractivity (Wildman–Crippen MR) is 90.5 cm³/mol. The third-order valence-electron chi connectivity index (χ3n) is 2.89. The second kappa shape index (κ2) is 6.37. The highest BCUT2D eigenvalue weighted by Crippen LogP contribution is 2.26. The molecular weight excluding hydrogens is 298 g/mol. The van der Waals surface area contributed by atoms with Gasteiger partial charge in [-0.15, -0.1) is 0 Å². The van der Waals surface area contributed by atoms with E-state index in [9.17, 15) is 4.79 Å². The number of nitrogens with zero attached hydrogens (tertiary/aromatic N) is 1. The zero-order chi connectivity index (χ0) is 16.3. The molecule has 1 aromatic heterocycles. The fraction of sp³-hybridized carbons (Fsp3) is 0.353. The van der Waals surface area contributed by atoms with Crippen LogP contribution in [0.15, 0.2) is 24.4 Å². The van der Waals surface area contributed by atoms with Gasteiger partial charge in [-0.25, -0.2) is 4.79 Å². The number of aromatic nitrogens is 1. The topological polar surface area (TPSA) is 40.5 Å². The molecule has 0 spiro atoms. The van der Waals surface area contributed by atoms with Gasteiger partial charge in [0.15, 0.2) is 0 Å². The van der Waals surface area contributed by atoms with Crippen LogP contribution in [0.25, 0.3) is 10.9 Å². The van der Waals surface area contributed by atoms with Gasteiger partial charge in [-0.1, -0.05) is 17.7 Å². The first-order valence-corrected chi connectivity index (χ1v) is 8.04. The number of hydrogen-bond acceptors (Lipinski definition) is 4. The highest BCUT2D eigenvalue weighted by Gasteiger charge is 2.20. The molecular formula is C17H19NO3S. The van der Waals surface area contributed by atoms with Crippen molar-refractivity contribution in [1.29, 1.82) is 0 Å². The Morgan fingerprint density at radius 1 is 1.32 bits per heavy atom. The minimum Gasteiger partial charge on any atom is -0.497 e. The summed E-state index contributed by atoms with van der Waals surface area (Å²) in [5, 5.41) is 3.82. The molecule has 1 aromatic carbocycles. The Hall–Kier alpha value is -2.06. The minimum atomic E-state index is -0.550. The van der Waals surface area contributed by atoms with Gasteiger partial charge in [0.05, 0.1) is 18.2 Å². The van der Waals surface area contributed by atoms with Crippen molar-refractivity contribution in [3.05, 3.63) is 30.0 Å². The summed E-state index contributed by atoms with van der Waals surface area (Å²) in [6, 6.07) is 5.53. The maximum atomic E-state index is 12.4. The minimum absolute atomic E-state index is 0.417.